The van der Waals surface area contributed by atoms with E-state index in [1.54, 1.807) is 0 Å². The van der Waals surface area contributed by atoms with Crippen LogP contribution in [0.15, 0.2) is 42.5 Å². The van der Waals surface area contributed by atoms with E-state index in [9.17, 15) is 19.5 Å². The molecule has 1 aromatic rings. The molecule has 1 aromatic carbocycles. The zero-order chi connectivity index (χ0) is 44.1. The Morgan fingerprint density at radius 2 is 1.43 bits per heavy atom. The van der Waals surface area contributed by atoms with Gasteiger partial charge >= 0.3 is 17.9 Å². The number of benzene rings is 1. The van der Waals surface area contributed by atoms with Crippen molar-refractivity contribution in [3.63, 3.8) is 0 Å². The first kappa shape index (κ1) is 44.4. The van der Waals surface area contributed by atoms with Crippen LogP contribution in [0.25, 0.3) is 0 Å². The molecule has 8 nitrogen and oxygen atoms in total. The van der Waals surface area contributed by atoms with Gasteiger partial charge < -0.3 is 19.5 Å². The molecule has 1 saturated heterocycles. The number of hydrogen-bond acceptors (Lipinski definition) is 6. The first-order valence-corrected chi connectivity index (χ1v) is 24.2. The molecule has 1 N–H and O–H groups in total. The van der Waals surface area contributed by atoms with E-state index in [0.717, 1.165) is 69.8 Å². The van der Waals surface area contributed by atoms with Crippen molar-refractivity contribution in [2.24, 2.45) is 85.2 Å². The van der Waals surface area contributed by atoms with Crippen molar-refractivity contribution in [2.75, 3.05) is 19.7 Å². The van der Waals surface area contributed by atoms with Crippen LogP contribution in [0.5, 0.6) is 0 Å². The minimum absolute atomic E-state index is 0.0552. The van der Waals surface area contributed by atoms with Gasteiger partial charge in [0.1, 0.15) is 6.61 Å². The molecule has 12 atom stereocenters. The van der Waals surface area contributed by atoms with Gasteiger partial charge in [0.25, 0.3) is 0 Å². The SMILES string of the molecule is C=C(C)[C@@H]1CC[C@]2(C(=O)N3CCC(C(=O)OCC)CC3)CC[C@]3(C)[C@H](CC[C@@H]4[C@]5(C)CC[C@H]([C@@]6(C(=O)O)C[C@@H](C(=O)OCc7ccccc7)C6(C)C)C(C)(C)[C@H]5CC[C@]43C)[C@@H]12. The molecule has 1 aliphatic heterocycles. The summed E-state index contributed by atoms with van der Waals surface area (Å²) in [6, 6.07) is 9.70. The van der Waals surface area contributed by atoms with Crippen LogP contribution in [0.1, 0.15) is 151 Å². The lowest BCUT2D eigenvalue weighted by atomic mass is 9.29. The van der Waals surface area contributed by atoms with Gasteiger partial charge in [-0.1, -0.05) is 91.0 Å². The predicted molar refractivity (Wildman–Crippen MR) is 237 cm³/mol. The molecule has 7 aliphatic rings. The normalized spacial score (nSPS) is 42.4. The molecule has 7 fully saturated rings. The molecule has 0 bridgehead atoms. The Hall–Kier alpha value is -3.16. The molecule has 61 heavy (non-hydrogen) atoms. The number of carbonyl (C=O) groups is 4. The Morgan fingerprint density at radius 1 is 0.754 bits per heavy atom. The Bertz CT molecular complexity index is 1910. The van der Waals surface area contributed by atoms with Crippen molar-refractivity contribution in [3.05, 3.63) is 48.0 Å². The number of amides is 1. The minimum Gasteiger partial charge on any atom is -0.481 e. The van der Waals surface area contributed by atoms with E-state index >= 15 is 4.79 Å². The summed E-state index contributed by atoms with van der Waals surface area (Å²) >= 11 is 0. The Labute approximate surface area is 366 Å². The smallest absolute Gasteiger partial charge is 0.310 e. The summed E-state index contributed by atoms with van der Waals surface area (Å²) in [6.45, 7) is 27.1. The molecule has 8 rings (SSSR count). The van der Waals surface area contributed by atoms with Crippen molar-refractivity contribution in [2.45, 2.75) is 152 Å². The number of carboxylic acids is 1. The van der Waals surface area contributed by atoms with E-state index in [-0.39, 0.29) is 63.4 Å². The molecule has 8 heteroatoms. The van der Waals surface area contributed by atoms with Crippen molar-refractivity contribution in [1.82, 2.24) is 4.90 Å². The van der Waals surface area contributed by atoms with E-state index in [1.807, 2.05) is 51.1 Å². The zero-order valence-corrected chi connectivity index (χ0v) is 39.1. The third kappa shape index (κ3) is 6.22. The summed E-state index contributed by atoms with van der Waals surface area (Å²) in [5, 5.41) is 11.3. The maximum absolute atomic E-state index is 15.1. The van der Waals surface area contributed by atoms with Gasteiger partial charge in [-0.3, -0.25) is 19.2 Å². The number of carbonyl (C=O) groups excluding carboxylic acids is 3. The topological polar surface area (TPSA) is 110 Å². The quantitative estimate of drug-likeness (QED) is 0.195. The standard InChI is InChI=1S/C53H77NO7/c1-11-60-43(55)35-22-29-54(30-23-35)45(57)52-26-19-36(33(2)3)42(52)37-17-18-41-49(8)24-20-40(47(4,5)39(49)21-25-51(41,10)50(37,9)27-28-52)53(46(58)59)31-38(48(53,6)7)44(56)61-32-34-15-13-12-14-16-34/h12-16,35-42H,2,11,17-32H2,1,3-10H3,(H,58,59)/t36-,37+,38-,39+,40-,41+,42+,49+,50+,51+,52-,53+/m0/s1. The van der Waals surface area contributed by atoms with Gasteiger partial charge in [-0.25, -0.2) is 0 Å². The fourth-order valence-corrected chi connectivity index (χ4v) is 17.6. The van der Waals surface area contributed by atoms with Gasteiger partial charge in [-0.15, -0.1) is 0 Å². The molecule has 6 aliphatic carbocycles. The van der Waals surface area contributed by atoms with Crippen LogP contribution in [0.4, 0.5) is 0 Å². The summed E-state index contributed by atoms with van der Waals surface area (Å²) in [7, 11) is 0. The van der Waals surface area contributed by atoms with E-state index in [2.05, 4.69) is 53.0 Å². The van der Waals surface area contributed by atoms with E-state index in [0.29, 0.717) is 68.5 Å². The first-order valence-electron chi connectivity index (χ1n) is 24.2. The monoisotopic (exact) mass is 840 g/mol. The molecule has 0 spiro atoms. The summed E-state index contributed by atoms with van der Waals surface area (Å²) in [4.78, 5) is 57.2. The number of hydrogen-bond donors (Lipinski definition) is 1. The number of aliphatic carboxylic acids is 1. The van der Waals surface area contributed by atoms with Crippen LogP contribution < -0.4 is 0 Å². The van der Waals surface area contributed by atoms with E-state index in [4.69, 9.17) is 9.47 Å². The van der Waals surface area contributed by atoms with Gasteiger partial charge in [0.2, 0.25) is 5.91 Å². The zero-order valence-electron chi connectivity index (χ0n) is 39.1. The molecular formula is C53H77NO7. The predicted octanol–water partition coefficient (Wildman–Crippen LogP) is 10.9. The van der Waals surface area contributed by atoms with Gasteiger partial charge in [0.05, 0.1) is 29.3 Å². The third-order valence-corrected chi connectivity index (χ3v) is 21.0. The number of fused-ring (bicyclic) bond motifs is 7. The lowest BCUT2D eigenvalue weighted by molar-refractivity contribution is -0.269. The highest BCUT2D eigenvalue weighted by Gasteiger charge is 2.77. The van der Waals surface area contributed by atoms with Crippen LogP contribution in [-0.2, 0) is 35.3 Å². The van der Waals surface area contributed by atoms with Crippen LogP contribution >= 0.6 is 0 Å². The largest absolute Gasteiger partial charge is 0.481 e. The molecule has 0 aromatic heterocycles. The maximum Gasteiger partial charge on any atom is 0.310 e. The number of carboxylic acid groups (broad SMARTS) is 1. The van der Waals surface area contributed by atoms with Crippen LogP contribution in [-0.4, -0.2) is 53.5 Å². The molecule has 0 radical (unpaired) electrons. The van der Waals surface area contributed by atoms with Gasteiger partial charge in [0, 0.05) is 13.1 Å². The summed E-state index contributed by atoms with van der Waals surface area (Å²) in [5.74, 6) is 0.465. The van der Waals surface area contributed by atoms with Crippen molar-refractivity contribution < 1.29 is 33.8 Å². The Kier molecular flexibility index (Phi) is 11.1. The first-order chi connectivity index (χ1) is 28.7. The Morgan fingerprint density at radius 3 is 2.05 bits per heavy atom. The van der Waals surface area contributed by atoms with Crippen LogP contribution in [0.2, 0.25) is 0 Å². The number of nitrogens with zero attached hydrogens (tertiary/aromatic N) is 1. The highest BCUT2D eigenvalue weighted by Crippen LogP contribution is 2.80. The van der Waals surface area contributed by atoms with Crippen molar-refractivity contribution in [1.29, 1.82) is 0 Å². The van der Waals surface area contributed by atoms with Gasteiger partial charge in [0.15, 0.2) is 0 Å². The van der Waals surface area contributed by atoms with Crippen molar-refractivity contribution >= 4 is 23.8 Å². The van der Waals surface area contributed by atoms with E-state index < -0.39 is 22.7 Å². The lowest BCUT2D eigenvalue weighted by Gasteiger charge is -2.74. The van der Waals surface area contributed by atoms with Crippen LogP contribution in [0.3, 0.4) is 0 Å². The summed E-state index contributed by atoms with van der Waals surface area (Å²) < 4.78 is 11.2. The molecule has 1 heterocycles. The summed E-state index contributed by atoms with van der Waals surface area (Å²) in [6.07, 6.45) is 11.9. The number of likely N-dealkylation sites (tertiary alicyclic amines) is 1. The highest BCUT2D eigenvalue weighted by molar-refractivity contribution is 5.85. The molecule has 336 valence electrons. The molecular weight excluding hydrogens is 763 g/mol. The summed E-state index contributed by atoms with van der Waals surface area (Å²) in [5.41, 5.74) is 0.000122. The fraction of sp³-hybridized carbons (Fsp3) is 0.774. The molecule has 1 amide bonds. The van der Waals surface area contributed by atoms with Gasteiger partial charge in [-0.05, 0) is 165 Å². The average Bonchev–Trinajstić information content (AvgIpc) is 3.62. The second-order valence-corrected chi connectivity index (χ2v) is 23.4. The number of allylic oxidation sites excluding steroid dienone is 1. The van der Waals surface area contributed by atoms with Crippen molar-refractivity contribution in [3.8, 4) is 0 Å². The fourth-order valence-electron chi connectivity index (χ4n) is 17.6. The van der Waals surface area contributed by atoms with E-state index in [1.165, 1.54) is 5.57 Å². The average molecular weight is 840 g/mol. The number of piperidine rings is 1. The highest BCUT2D eigenvalue weighted by atomic mass is 16.5. The maximum atomic E-state index is 15.1. The number of ether oxygens (including phenoxy) is 2. The van der Waals surface area contributed by atoms with Gasteiger partial charge in [-0.2, -0.15) is 0 Å². The number of rotatable bonds is 9. The Balaban J connectivity index is 1.03. The van der Waals surface area contributed by atoms with Crippen LogP contribution in [0, 0.1) is 85.2 Å². The lowest BCUT2D eigenvalue weighted by Crippen LogP contribution is -2.71. The third-order valence-electron chi connectivity index (χ3n) is 21.0. The molecule has 6 saturated carbocycles. The second kappa shape index (κ2) is 15.2. The minimum atomic E-state index is -1.01. The molecule has 0 unspecified atom stereocenters. The number of esters is 2. The second-order valence-electron chi connectivity index (χ2n) is 23.4.